The number of hydrogen-bond donors (Lipinski definition) is 0. The lowest BCUT2D eigenvalue weighted by molar-refractivity contribution is -0.137. The number of carbonyl (C=O) groups excluding carboxylic acids is 1. The molecule has 2 saturated heterocycles. The van der Waals surface area contributed by atoms with Crippen molar-refractivity contribution in [3.05, 3.63) is 30.1 Å². The van der Waals surface area contributed by atoms with Crippen LogP contribution in [0.3, 0.4) is 0 Å². The van der Waals surface area contributed by atoms with Crippen molar-refractivity contribution in [2.75, 3.05) is 51.2 Å². The van der Waals surface area contributed by atoms with Gasteiger partial charge in [0.1, 0.15) is 5.82 Å². The molecule has 1 aromatic carbocycles. The van der Waals surface area contributed by atoms with E-state index in [1.54, 1.807) is 23.5 Å². The summed E-state index contributed by atoms with van der Waals surface area (Å²) in [6.07, 6.45) is 6.56. The SMILES string of the molecule is CN(C1CCCCC1)S(=O)(=O)N1CCC[C@H](C(=O)N2CCN(c3ccccc3F)CC2)C1. The molecule has 3 fully saturated rings. The Morgan fingerprint density at radius 2 is 1.66 bits per heavy atom. The molecule has 2 heterocycles. The first-order valence-corrected chi connectivity index (χ1v) is 13.3. The Morgan fingerprint density at radius 3 is 2.34 bits per heavy atom. The fourth-order valence-corrected chi connectivity index (χ4v) is 6.98. The van der Waals surface area contributed by atoms with Crippen molar-refractivity contribution >= 4 is 21.8 Å². The smallest absolute Gasteiger partial charge is 0.281 e. The topological polar surface area (TPSA) is 64.2 Å². The summed E-state index contributed by atoms with van der Waals surface area (Å²) in [7, 11) is -1.87. The van der Waals surface area contributed by atoms with Gasteiger partial charge in [0.05, 0.1) is 11.6 Å². The molecule has 32 heavy (non-hydrogen) atoms. The number of para-hydroxylation sites is 1. The van der Waals surface area contributed by atoms with E-state index in [-0.39, 0.29) is 30.2 Å². The van der Waals surface area contributed by atoms with E-state index in [2.05, 4.69) is 0 Å². The second kappa shape index (κ2) is 10.1. The molecule has 1 aromatic rings. The molecule has 0 spiro atoms. The van der Waals surface area contributed by atoms with Gasteiger partial charge in [-0.05, 0) is 37.8 Å². The summed E-state index contributed by atoms with van der Waals surface area (Å²) in [5, 5.41) is 0. The average Bonchev–Trinajstić information content (AvgIpc) is 2.84. The average molecular weight is 467 g/mol. The van der Waals surface area contributed by atoms with Crippen molar-refractivity contribution in [1.82, 2.24) is 13.5 Å². The van der Waals surface area contributed by atoms with E-state index in [0.717, 1.165) is 25.7 Å². The zero-order valence-corrected chi connectivity index (χ0v) is 19.8. The minimum Gasteiger partial charge on any atom is -0.366 e. The lowest BCUT2D eigenvalue weighted by Crippen LogP contribution is -2.55. The molecule has 178 valence electrons. The molecule has 9 heteroatoms. The van der Waals surface area contributed by atoms with Crippen LogP contribution in [0.25, 0.3) is 0 Å². The van der Waals surface area contributed by atoms with E-state index >= 15 is 0 Å². The van der Waals surface area contributed by atoms with Crippen molar-refractivity contribution in [3.63, 3.8) is 0 Å². The number of nitrogens with zero attached hydrogens (tertiary/aromatic N) is 4. The molecule has 1 saturated carbocycles. The number of anilines is 1. The van der Waals surface area contributed by atoms with Crippen LogP contribution in [0.1, 0.15) is 44.9 Å². The molecular formula is C23H35FN4O3S. The molecule has 0 bridgehead atoms. The molecule has 1 atom stereocenters. The van der Waals surface area contributed by atoms with Crippen molar-refractivity contribution in [3.8, 4) is 0 Å². The summed E-state index contributed by atoms with van der Waals surface area (Å²) < 4.78 is 43.6. The molecule has 3 aliphatic rings. The molecular weight excluding hydrogens is 431 g/mol. The molecule has 1 aliphatic carbocycles. The lowest BCUT2D eigenvalue weighted by Gasteiger charge is -2.40. The van der Waals surface area contributed by atoms with Gasteiger partial charge in [0, 0.05) is 52.4 Å². The first kappa shape index (κ1) is 23.4. The van der Waals surface area contributed by atoms with Gasteiger partial charge in [-0.15, -0.1) is 0 Å². The number of carbonyl (C=O) groups is 1. The van der Waals surface area contributed by atoms with E-state index in [0.29, 0.717) is 51.3 Å². The quantitative estimate of drug-likeness (QED) is 0.669. The Hall–Kier alpha value is -1.71. The fraction of sp³-hybridized carbons (Fsp3) is 0.696. The summed E-state index contributed by atoms with van der Waals surface area (Å²) in [5.41, 5.74) is 0.570. The third-order valence-corrected chi connectivity index (χ3v) is 9.31. The minimum absolute atomic E-state index is 0.0263. The summed E-state index contributed by atoms with van der Waals surface area (Å²) in [6.45, 7) is 2.93. The maximum Gasteiger partial charge on any atom is 0.281 e. The Labute approximate surface area is 191 Å². The lowest BCUT2D eigenvalue weighted by atomic mass is 9.96. The van der Waals surface area contributed by atoms with Crippen LogP contribution in [0.5, 0.6) is 0 Å². The molecule has 0 unspecified atom stereocenters. The highest BCUT2D eigenvalue weighted by molar-refractivity contribution is 7.86. The maximum absolute atomic E-state index is 14.1. The highest BCUT2D eigenvalue weighted by atomic mass is 32.2. The van der Waals surface area contributed by atoms with Crippen LogP contribution < -0.4 is 4.90 Å². The Bertz CT molecular complexity index is 898. The predicted molar refractivity (Wildman–Crippen MR) is 123 cm³/mol. The second-order valence-electron chi connectivity index (χ2n) is 9.28. The van der Waals surface area contributed by atoms with Gasteiger partial charge in [0.25, 0.3) is 10.2 Å². The number of piperazine rings is 1. The first-order chi connectivity index (χ1) is 15.4. The Morgan fingerprint density at radius 1 is 0.969 bits per heavy atom. The van der Waals surface area contributed by atoms with Crippen LogP contribution in [0, 0.1) is 11.7 Å². The standard InChI is InChI=1S/C23H35FN4O3S/c1-25(20-9-3-2-4-10-20)32(30,31)28-13-7-8-19(18-28)23(29)27-16-14-26(15-17-27)22-12-6-5-11-21(22)24/h5-6,11-12,19-20H,2-4,7-10,13-18H2,1H3/t19-/m0/s1. The largest absolute Gasteiger partial charge is 0.366 e. The normalized spacial score (nSPS) is 24.2. The third kappa shape index (κ3) is 4.94. The van der Waals surface area contributed by atoms with E-state index in [1.807, 2.05) is 15.9 Å². The van der Waals surface area contributed by atoms with E-state index < -0.39 is 10.2 Å². The number of hydrogen-bond acceptors (Lipinski definition) is 4. The monoisotopic (exact) mass is 466 g/mol. The van der Waals surface area contributed by atoms with Gasteiger partial charge in [-0.2, -0.15) is 17.0 Å². The summed E-state index contributed by atoms with van der Waals surface area (Å²) in [4.78, 5) is 17.0. The van der Waals surface area contributed by atoms with Gasteiger partial charge < -0.3 is 9.80 Å². The van der Waals surface area contributed by atoms with Crippen LogP contribution in [0.15, 0.2) is 24.3 Å². The molecule has 0 aromatic heterocycles. The highest BCUT2D eigenvalue weighted by Crippen LogP contribution is 2.28. The Balaban J connectivity index is 1.35. The number of benzene rings is 1. The number of halogens is 1. The van der Waals surface area contributed by atoms with Crippen molar-refractivity contribution in [2.24, 2.45) is 5.92 Å². The molecule has 0 radical (unpaired) electrons. The number of rotatable bonds is 5. The predicted octanol–water partition coefficient (Wildman–Crippen LogP) is 2.70. The summed E-state index contributed by atoms with van der Waals surface area (Å²) in [5.74, 6) is -0.529. The van der Waals surface area contributed by atoms with Gasteiger partial charge >= 0.3 is 0 Å². The number of piperidine rings is 1. The van der Waals surface area contributed by atoms with E-state index in [4.69, 9.17) is 0 Å². The molecule has 4 rings (SSSR count). The van der Waals surface area contributed by atoms with Crippen LogP contribution in [0.2, 0.25) is 0 Å². The highest BCUT2D eigenvalue weighted by Gasteiger charge is 2.38. The summed E-state index contributed by atoms with van der Waals surface area (Å²) in [6, 6.07) is 6.77. The van der Waals surface area contributed by atoms with Gasteiger partial charge in [-0.3, -0.25) is 4.79 Å². The van der Waals surface area contributed by atoms with Crippen LogP contribution in [-0.4, -0.2) is 80.2 Å². The zero-order valence-electron chi connectivity index (χ0n) is 19.0. The molecule has 2 aliphatic heterocycles. The van der Waals surface area contributed by atoms with Crippen LogP contribution in [-0.2, 0) is 15.0 Å². The van der Waals surface area contributed by atoms with Gasteiger partial charge in [0.2, 0.25) is 5.91 Å². The minimum atomic E-state index is -3.56. The van der Waals surface area contributed by atoms with Crippen LogP contribution >= 0.6 is 0 Å². The Kier molecular flexibility index (Phi) is 7.37. The fourth-order valence-electron chi connectivity index (χ4n) is 5.30. The van der Waals surface area contributed by atoms with Gasteiger partial charge in [-0.25, -0.2) is 4.39 Å². The summed E-state index contributed by atoms with van der Waals surface area (Å²) >= 11 is 0. The maximum atomic E-state index is 14.1. The van der Waals surface area contributed by atoms with Crippen molar-refractivity contribution in [2.45, 2.75) is 51.0 Å². The number of amides is 1. The second-order valence-corrected chi connectivity index (χ2v) is 11.3. The molecule has 7 nitrogen and oxygen atoms in total. The zero-order chi connectivity index (χ0) is 22.7. The van der Waals surface area contributed by atoms with Crippen LogP contribution in [0.4, 0.5) is 10.1 Å². The van der Waals surface area contributed by atoms with Gasteiger partial charge in [0.15, 0.2) is 0 Å². The van der Waals surface area contributed by atoms with E-state index in [9.17, 15) is 17.6 Å². The van der Waals surface area contributed by atoms with Crippen molar-refractivity contribution < 1.29 is 17.6 Å². The molecule has 0 N–H and O–H groups in total. The van der Waals surface area contributed by atoms with E-state index in [1.165, 1.54) is 16.8 Å². The first-order valence-electron chi connectivity index (χ1n) is 11.9. The van der Waals surface area contributed by atoms with Crippen molar-refractivity contribution in [1.29, 1.82) is 0 Å². The van der Waals surface area contributed by atoms with Gasteiger partial charge in [-0.1, -0.05) is 31.4 Å². The third-order valence-electron chi connectivity index (χ3n) is 7.30. The molecule has 1 amide bonds.